The highest BCUT2D eigenvalue weighted by Gasteiger charge is 2.08. The van der Waals surface area contributed by atoms with Crippen LogP contribution in [0.1, 0.15) is 18.4 Å². The molecule has 0 saturated carbocycles. The van der Waals surface area contributed by atoms with Gasteiger partial charge in [-0.15, -0.1) is 5.26 Å². The van der Waals surface area contributed by atoms with E-state index in [4.69, 9.17) is 35.7 Å². The Morgan fingerprint density at radius 2 is 1.64 bits per heavy atom. The number of nitrogen functional groups attached to an aromatic ring is 2. The Morgan fingerprint density at radius 3 is 2.31 bits per heavy atom. The van der Waals surface area contributed by atoms with Crippen LogP contribution in [0.2, 0.25) is 0 Å². The van der Waals surface area contributed by atoms with Crippen molar-refractivity contribution in [1.29, 1.82) is 5.26 Å². The molecular formula is C27H25N3O6. The van der Waals surface area contributed by atoms with Crippen LogP contribution in [-0.2, 0) is 14.3 Å². The Bertz CT molecular complexity index is 1280. The lowest BCUT2D eigenvalue weighted by atomic mass is 10.0. The van der Waals surface area contributed by atoms with Crippen molar-refractivity contribution in [2.24, 2.45) is 0 Å². The third-order valence-electron chi connectivity index (χ3n) is 4.94. The van der Waals surface area contributed by atoms with Crippen molar-refractivity contribution in [1.82, 2.24) is 0 Å². The molecule has 3 aromatic rings. The number of methoxy groups -OCH3 is 1. The van der Waals surface area contributed by atoms with Gasteiger partial charge in [0.15, 0.2) is 0 Å². The molecule has 3 aromatic carbocycles. The number of nitriles is 1. The first-order valence-corrected chi connectivity index (χ1v) is 10.9. The van der Waals surface area contributed by atoms with E-state index < -0.39 is 11.9 Å². The van der Waals surface area contributed by atoms with E-state index in [9.17, 15) is 9.59 Å². The van der Waals surface area contributed by atoms with Crippen molar-refractivity contribution in [2.45, 2.75) is 12.8 Å². The van der Waals surface area contributed by atoms with Crippen molar-refractivity contribution in [3.8, 4) is 34.6 Å². The van der Waals surface area contributed by atoms with E-state index in [2.05, 4.69) is 0 Å². The number of nitrogens with two attached hydrogens (primary N) is 2. The van der Waals surface area contributed by atoms with Gasteiger partial charge in [0.25, 0.3) is 6.26 Å². The number of hydrogen-bond donors (Lipinski definition) is 2. The third kappa shape index (κ3) is 7.53. The van der Waals surface area contributed by atoms with Crippen LogP contribution in [0.5, 0.6) is 17.2 Å². The van der Waals surface area contributed by atoms with E-state index in [-0.39, 0.29) is 18.8 Å². The number of nitrogens with zero attached hydrogens (tertiary/aromatic N) is 1. The zero-order valence-electron chi connectivity index (χ0n) is 19.6. The molecule has 0 atom stereocenters. The van der Waals surface area contributed by atoms with Gasteiger partial charge in [-0.1, -0.05) is 24.3 Å². The Kier molecular flexibility index (Phi) is 8.89. The number of esters is 2. The Labute approximate surface area is 208 Å². The van der Waals surface area contributed by atoms with E-state index in [0.717, 1.165) is 11.1 Å². The molecule has 36 heavy (non-hydrogen) atoms. The molecule has 0 aliphatic heterocycles. The van der Waals surface area contributed by atoms with Crippen LogP contribution in [0.25, 0.3) is 17.2 Å². The number of anilines is 2. The summed E-state index contributed by atoms with van der Waals surface area (Å²) < 4.78 is 20.6. The number of rotatable bonds is 10. The van der Waals surface area contributed by atoms with Crippen LogP contribution < -0.4 is 25.7 Å². The highest BCUT2D eigenvalue weighted by atomic mass is 16.5. The van der Waals surface area contributed by atoms with Gasteiger partial charge in [0, 0.05) is 41.6 Å². The van der Waals surface area contributed by atoms with Gasteiger partial charge in [-0.05, 0) is 47.9 Å². The van der Waals surface area contributed by atoms with E-state index in [1.54, 1.807) is 30.5 Å². The lowest BCUT2D eigenvalue weighted by Crippen LogP contribution is -2.10. The van der Waals surface area contributed by atoms with Gasteiger partial charge in [0.05, 0.1) is 13.7 Å². The average Bonchev–Trinajstić information content (AvgIpc) is 2.85. The topological polar surface area (TPSA) is 147 Å². The van der Waals surface area contributed by atoms with Crippen LogP contribution in [0.15, 0.2) is 66.7 Å². The Morgan fingerprint density at radius 1 is 0.944 bits per heavy atom. The van der Waals surface area contributed by atoms with Crippen LogP contribution in [0, 0.1) is 11.5 Å². The first-order chi connectivity index (χ1) is 17.4. The summed E-state index contributed by atoms with van der Waals surface area (Å²) in [6.45, 7) is 0.0545. The molecule has 0 spiro atoms. The predicted molar refractivity (Wildman–Crippen MR) is 135 cm³/mol. The van der Waals surface area contributed by atoms with Crippen LogP contribution in [0.4, 0.5) is 11.4 Å². The minimum atomic E-state index is -0.550. The molecule has 0 aliphatic rings. The SMILES string of the molecule is COc1cc(-c2ccc(OC#N)cc2)ccc1/C=C/C(=O)OCCCC(=O)Oc1cc(N)cc(N)c1. The fourth-order valence-corrected chi connectivity index (χ4v) is 3.28. The van der Waals surface area contributed by atoms with E-state index >= 15 is 0 Å². The summed E-state index contributed by atoms with van der Waals surface area (Å²) >= 11 is 0. The smallest absolute Gasteiger partial charge is 0.330 e. The number of carbonyl (C=O) groups is 2. The lowest BCUT2D eigenvalue weighted by Gasteiger charge is -2.09. The summed E-state index contributed by atoms with van der Waals surface area (Å²) in [4.78, 5) is 24.0. The Hall–Kier alpha value is -4.97. The summed E-state index contributed by atoms with van der Waals surface area (Å²) in [5, 5.41) is 8.59. The molecule has 0 aliphatic carbocycles. The molecule has 9 heteroatoms. The molecule has 4 N–H and O–H groups in total. The zero-order chi connectivity index (χ0) is 25.9. The standard InChI is InChI=1S/C27H25N3O6/c1-33-25-13-20(18-6-9-23(10-7-18)35-17-28)5-4-19(25)8-11-26(31)34-12-2-3-27(32)36-24-15-21(29)14-22(30)16-24/h4-11,13-16H,2-3,12,29-30H2,1H3/b11-8+. The molecule has 184 valence electrons. The van der Waals surface area contributed by atoms with E-state index in [1.165, 1.54) is 25.3 Å². The lowest BCUT2D eigenvalue weighted by molar-refractivity contribution is -0.140. The summed E-state index contributed by atoms with van der Waals surface area (Å²) in [7, 11) is 1.54. The molecule has 0 radical (unpaired) electrons. The van der Waals surface area contributed by atoms with Gasteiger partial charge in [0.2, 0.25) is 0 Å². The Balaban J connectivity index is 1.49. The van der Waals surface area contributed by atoms with Gasteiger partial charge >= 0.3 is 11.9 Å². The van der Waals surface area contributed by atoms with Crippen molar-refractivity contribution in [3.05, 3.63) is 72.3 Å². The quantitative estimate of drug-likeness (QED) is 0.106. The van der Waals surface area contributed by atoms with Crippen LogP contribution in [0.3, 0.4) is 0 Å². The zero-order valence-corrected chi connectivity index (χ0v) is 19.6. The first kappa shape index (κ1) is 25.6. The fourth-order valence-electron chi connectivity index (χ4n) is 3.28. The number of ether oxygens (including phenoxy) is 4. The summed E-state index contributed by atoms with van der Waals surface area (Å²) in [6, 6.07) is 17.1. The maximum Gasteiger partial charge on any atom is 0.330 e. The number of benzene rings is 3. The summed E-state index contributed by atoms with van der Waals surface area (Å²) in [5.41, 5.74) is 14.6. The van der Waals surface area contributed by atoms with Gasteiger partial charge in [0.1, 0.15) is 17.2 Å². The second kappa shape index (κ2) is 12.5. The van der Waals surface area contributed by atoms with Crippen molar-refractivity contribution >= 4 is 29.4 Å². The first-order valence-electron chi connectivity index (χ1n) is 10.9. The van der Waals surface area contributed by atoms with Crippen LogP contribution in [-0.4, -0.2) is 25.7 Å². The predicted octanol–water partition coefficient (Wildman–Crippen LogP) is 4.33. The highest BCUT2D eigenvalue weighted by Crippen LogP contribution is 2.29. The van der Waals surface area contributed by atoms with Crippen molar-refractivity contribution in [3.63, 3.8) is 0 Å². The minimum Gasteiger partial charge on any atom is -0.496 e. The third-order valence-corrected chi connectivity index (χ3v) is 4.94. The van der Waals surface area contributed by atoms with E-state index in [0.29, 0.717) is 34.9 Å². The molecule has 3 rings (SSSR count). The maximum absolute atomic E-state index is 12.1. The summed E-state index contributed by atoms with van der Waals surface area (Å²) in [6.07, 6.45) is 4.87. The van der Waals surface area contributed by atoms with Crippen LogP contribution >= 0.6 is 0 Å². The highest BCUT2D eigenvalue weighted by molar-refractivity contribution is 5.88. The second-order valence-electron chi connectivity index (χ2n) is 7.59. The molecule has 0 saturated heterocycles. The second-order valence-corrected chi connectivity index (χ2v) is 7.59. The summed E-state index contributed by atoms with van der Waals surface area (Å²) in [5.74, 6) is 0.255. The van der Waals surface area contributed by atoms with Gasteiger partial charge in [-0.25, -0.2) is 4.79 Å². The molecular weight excluding hydrogens is 462 g/mol. The van der Waals surface area contributed by atoms with E-state index in [1.807, 2.05) is 30.3 Å². The normalized spacial score (nSPS) is 10.4. The molecule has 0 aromatic heterocycles. The molecule has 0 unspecified atom stereocenters. The van der Waals surface area contributed by atoms with Crippen molar-refractivity contribution in [2.75, 3.05) is 25.2 Å². The number of hydrogen-bond acceptors (Lipinski definition) is 9. The maximum atomic E-state index is 12.1. The molecule has 0 amide bonds. The molecule has 0 fully saturated rings. The van der Waals surface area contributed by atoms with Gasteiger partial charge in [-0.2, -0.15) is 0 Å². The van der Waals surface area contributed by atoms with Gasteiger partial charge < -0.3 is 30.4 Å². The monoisotopic (exact) mass is 487 g/mol. The van der Waals surface area contributed by atoms with Crippen molar-refractivity contribution < 1.29 is 28.5 Å². The minimum absolute atomic E-state index is 0.0545. The molecule has 9 nitrogen and oxygen atoms in total. The van der Waals surface area contributed by atoms with Gasteiger partial charge in [-0.3, -0.25) is 4.79 Å². The largest absolute Gasteiger partial charge is 0.496 e. The fraction of sp³-hybridized carbons (Fsp3) is 0.148. The molecule has 0 bridgehead atoms. The molecule has 0 heterocycles. The number of carbonyl (C=O) groups excluding carboxylic acids is 2. The average molecular weight is 488 g/mol.